The quantitative estimate of drug-likeness (QED) is 0.450. The van der Waals surface area contributed by atoms with Crippen LogP contribution < -0.4 is 0 Å². The van der Waals surface area contributed by atoms with Crippen LogP contribution in [0.1, 0.15) is 27.2 Å². The zero-order valence-corrected chi connectivity index (χ0v) is 8.72. The van der Waals surface area contributed by atoms with Crippen LogP contribution in [0.4, 0.5) is 0 Å². The molecule has 11 heavy (non-hydrogen) atoms. The van der Waals surface area contributed by atoms with Crippen molar-refractivity contribution in [3.63, 3.8) is 0 Å². The van der Waals surface area contributed by atoms with Crippen molar-refractivity contribution in [3.05, 3.63) is 0 Å². The minimum absolute atomic E-state index is 0.282. The van der Waals surface area contributed by atoms with Crippen LogP contribution in [0.2, 0.25) is 0 Å². The monoisotopic (exact) mass is 160 g/mol. The Morgan fingerprint density at radius 1 is 1.18 bits per heavy atom. The standard InChI is InChI=1S/C9H22NO/c1-7-8(2)11-9(3)10(4,5)6/h8-9H,7H2,1-6H3/q+1. The molecule has 0 aliphatic rings. The summed E-state index contributed by atoms with van der Waals surface area (Å²) in [5, 5.41) is 0. The van der Waals surface area contributed by atoms with Gasteiger partial charge < -0.3 is 9.22 Å². The van der Waals surface area contributed by atoms with E-state index in [1.165, 1.54) is 0 Å². The topological polar surface area (TPSA) is 9.23 Å². The predicted molar refractivity (Wildman–Crippen MR) is 48.3 cm³/mol. The van der Waals surface area contributed by atoms with E-state index in [-0.39, 0.29) is 6.23 Å². The molecule has 0 aromatic carbocycles. The summed E-state index contributed by atoms with van der Waals surface area (Å²) >= 11 is 0. The van der Waals surface area contributed by atoms with Crippen molar-refractivity contribution in [2.75, 3.05) is 21.1 Å². The van der Waals surface area contributed by atoms with E-state index in [0.717, 1.165) is 10.9 Å². The molecule has 0 aromatic heterocycles. The second kappa shape index (κ2) is 4.07. The summed E-state index contributed by atoms with van der Waals surface area (Å²) in [6.45, 7) is 6.38. The first-order valence-electron chi connectivity index (χ1n) is 4.34. The molecule has 68 valence electrons. The van der Waals surface area contributed by atoms with Gasteiger partial charge in [0.25, 0.3) is 0 Å². The van der Waals surface area contributed by atoms with Crippen LogP contribution >= 0.6 is 0 Å². The average molecular weight is 160 g/mol. The minimum atomic E-state index is 0.282. The summed E-state index contributed by atoms with van der Waals surface area (Å²) in [5.74, 6) is 0. The molecule has 2 unspecified atom stereocenters. The number of ether oxygens (including phenoxy) is 1. The third-order valence-electron chi connectivity index (χ3n) is 2.09. The van der Waals surface area contributed by atoms with Gasteiger partial charge >= 0.3 is 0 Å². The van der Waals surface area contributed by atoms with Gasteiger partial charge in [-0.2, -0.15) is 0 Å². The molecule has 2 heteroatoms. The van der Waals surface area contributed by atoms with E-state index < -0.39 is 0 Å². The molecule has 0 radical (unpaired) electrons. The maximum Gasteiger partial charge on any atom is 0.190 e. The van der Waals surface area contributed by atoms with Crippen molar-refractivity contribution < 1.29 is 9.22 Å². The summed E-state index contributed by atoms with van der Waals surface area (Å²) < 4.78 is 6.60. The summed E-state index contributed by atoms with van der Waals surface area (Å²) in [7, 11) is 6.44. The molecule has 0 heterocycles. The Labute approximate surface area is 70.7 Å². The normalized spacial score (nSPS) is 18.0. The third kappa shape index (κ3) is 4.38. The van der Waals surface area contributed by atoms with Crippen molar-refractivity contribution in [1.29, 1.82) is 0 Å². The van der Waals surface area contributed by atoms with Crippen molar-refractivity contribution in [2.45, 2.75) is 39.5 Å². The van der Waals surface area contributed by atoms with Gasteiger partial charge in [0.05, 0.1) is 27.2 Å². The lowest BCUT2D eigenvalue weighted by Gasteiger charge is -2.32. The molecule has 0 saturated heterocycles. The minimum Gasteiger partial charge on any atom is -0.326 e. The van der Waals surface area contributed by atoms with Gasteiger partial charge in [-0.1, -0.05) is 6.92 Å². The number of nitrogens with zero attached hydrogens (tertiary/aromatic N) is 1. The van der Waals surface area contributed by atoms with Gasteiger partial charge in [-0.05, 0) is 13.3 Å². The molecule has 0 rings (SSSR count). The molecule has 0 aliphatic heterocycles. The first-order chi connectivity index (χ1) is 4.88. The Morgan fingerprint density at radius 3 is 1.91 bits per heavy atom. The van der Waals surface area contributed by atoms with E-state index in [9.17, 15) is 0 Å². The molecular formula is C9H22NO+. The molecule has 0 N–H and O–H groups in total. The van der Waals surface area contributed by atoms with Gasteiger partial charge in [0.2, 0.25) is 0 Å². The SMILES string of the molecule is CCC(C)OC(C)[N+](C)(C)C. The maximum absolute atomic E-state index is 5.74. The molecule has 2 atom stereocenters. The highest BCUT2D eigenvalue weighted by molar-refractivity contribution is 4.44. The zero-order valence-electron chi connectivity index (χ0n) is 8.72. The van der Waals surface area contributed by atoms with E-state index in [2.05, 4.69) is 41.9 Å². The fourth-order valence-corrected chi connectivity index (χ4v) is 0.615. The highest BCUT2D eigenvalue weighted by atomic mass is 16.5. The molecule has 0 spiro atoms. The molecule has 0 fully saturated rings. The second-order valence-corrected chi connectivity index (χ2v) is 4.07. The Balaban J connectivity index is 3.77. The number of quaternary nitrogens is 1. The number of hydrogen-bond donors (Lipinski definition) is 0. The van der Waals surface area contributed by atoms with Crippen LogP contribution in [0.15, 0.2) is 0 Å². The van der Waals surface area contributed by atoms with Crippen molar-refractivity contribution in [2.24, 2.45) is 0 Å². The van der Waals surface area contributed by atoms with Gasteiger partial charge in [-0.15, -0.1) is 0 Å². The number of hydrogen-bond acceptors (Lipinski definition) is 1. The molecule has 0 amide bonds. The lowest BCUT2D eigenvalue weighted by atomic mass is 10.3. The predicted octanol–water partition coefficient (Wildman–Crippen LogP) is 1.85. The lowest BCUT2D eigenvalue weighted by molar-refractivity contribution is -0.918. The van der Waals surface area contributed by atoms with Gasteiger partial charge in [0.15, 0.2) is 6.23 Å². The van der Waals surface area contributed by atoms with Gasteiger partial charge in [-0.3, -0.25) is 0 Å². The van der Waals surface area contributed by atoms with Crippen molar-refractivity contribution in [1.82, 2.24) is 0 Å². The number of rotatable bonds is 4. The molecule has 2 nitrogen and oxygen atoms in total. The van der Waals surface area contributed by atoms with E-state index in [1.54, 1.807) is 0 Å². The van der Waals surface area contributed by atoms with Crippen molar-refractivity contribution in [3.8, 4) is 0 Å². The Morgan fingerprint density at radius 2 is 1.64 bits per heavy atom. The Bertz CT molecular complexity index is 107. The summed E-state index contributed by atoms with van der Waals surface area (Å²) in [6.07, 6.45) is 1.75. The molecule has 0 saturated carbocycles. The van der Waals surface area contributed by atoms with Crippen LogP contribution in [-0.2, 0) is 4.74 Å². The molecular weight excluding hydrogens is 138 g/mol. The van der Waals surface area contributed by atoms with E-state index in [4.69, 9.17) is 4.74 Å². The van der Waals surface area contributed by atoms with Crippen molar-refractivity contribution >= 4 is 0 Å². The van der Waals surface area contributed by atoms with Crippen LogP contribution in [0.25, 0.3) is 0 Å². The highest BCUT2D eigenvalue weighted by Gasteiger charge is 2.20. The van der Waals surface area contributed by atoms with Gasteiger partial charge in [0, 0.05) is 6.92 Å². The largest absolute Gasteiger partial charge is 0.326 e. The first kappa shape index (κ1) is 10.9. The Hall–Kier alpha value is -0.0800. The van der Waals surface area contributed by atoms with Gasteiger partial charge in [0.1, 0.15) is 0 Å². The smallest absolute Gasteiger partial charge is 0.190 e. The summed E-state index contributed by atoms with van der Waals surface area (Å²) in [4.78, 5) is 0. The summed E-state index contributed by atoms with van der Waals surface area (Å²) in [6, 6.07) is 0. The van der Waals surface area contributed by atoms with Crippen LogP contribution in [0.3, 0.4) is 0 Å². The van der Waals surface area contributed by atoms with E-state index in [1.807, 2.05) is 0 Å². The van der Waals surface area contributed by atoms with Crippen LogP contribution in [-0.4, -0.2) is 38.0 Å². The first-order valence-corrected chi connectivity index (χ1v) is 4.34. The van der Waals surface area contributed by atoms with E-state index >= 15 is 0 Å². The van der Waals surface area contributed by atoms with Crippen LogP contribution in [0.5, 0.6) is 0 Å². The maximum atomic E-state index is 5.74. The highest BCUT2D eigenvalue weighted by Crippen LogP contribution is 2.08. The van der Waals surface area contributed by atoms with Crippen LogP contribution in [0, 0.1) is 0 Å². The summed E-state index contributed by atoms with van der Waals surface area (Å²) in [5.41, 5.74) is 0. The Kier molecular flexibility index (Phi) is 4.04. The molecule has 0 aliphatic carbocycles. The fourth-order valence-electron chi connectivity index (χ4n) is 0.615. The second-order valence-electron chi connectivity index (χ2n) is 4.07. The molecule has 0 bridgehead atoms. The zero-order chi connectivity index (χ0) is 9.07. The fraction of sp³-hybridized carbons (Fsp3) is 1.00. The lowest BCUT2D eigenvalue weighted by Crippen LogP contribution is -2.46. The van der Waals surface area contributed by atoms with E-state index in [0.29, 0.717) is 6.10 Å². The molecule has 0 aromatic rings. The average Bonchev–Trinajstić information content (AvgIpc) is 1.85. The van der Waals surface area contributed by atoms with Gasteiger partial charge in [-0.25, -0.2) is 0 Å². The third-order valence-corrected chi connectivity index (χ3v) is 2.09.